The molecule has 1 fully saturated rings. The Kier molecular flexibility index (Phi) is 3.59. The summed E-state index contributed by atoms with van der Waals surface area (Å²) in [6.45, 7) is 7.48. The topological polar surface area (TPSA) is 68.8 Å². The summed E-state index contributed by atoms with van der Waals surface area (Å²) in [4.78, 5) is 3.23. The van der Waals surface area contributed by atoms with Crippen LogP contribution in [0.2, 0.25) is 0 Å². The van der Waals surface area contributed by atoms with Crippen molar-refractivity contribution in [2.45, 2.75) is 63.9 Å². The number of aliphatic hydroxyl groups excluding tert-OH is 1. The summed E-state index contributed by atoms with van der Waals surface area (Å²) in [6, 6.07) is 6.35. The number of H-pyrrole nitrogens is 1. The van der Waals surface area contributed by atoms with Crippen molar-refractivity contribution in [1.82, 2.24) is 4.98 Å². The average Bonchev–Trinajstić information content (AvgIpc) is 2.82. The molecule has 0 spiro atoms. The average molecular weight is 303 g/mol. The number of aromatic nitrogens is 1. The maximum Gasteiger partial charge on any atom is 0.0908 e. The number of epoxide rings is 1. The summed E-state index contributed by atoms with van der Waals surface area (Å²) in [7, 11) is 0. The van der Waals surface area contributed by atoms with Gasteiger partial charge in [0.1, 0.15) is 0 Å². The van der Waals surface area contributed by atoms with E-state index in [0.29, 0.717) is 6.42 Å². The first kappa shape index (κ1) is 15.5. The monoisotopic (exact) mass is 303 g/mol. The van der Waals surface area contributed by atoms with E-state index in [0.717, 1.165) is 22.9 Å². The molecule has 22 heavy (non-hydrogen) atoms. The molecule has 1 aromatic heterocycles. The van der Waals surface area contributed by atoms with Gasteiger partial charge in [0.25, 0.3) is 0 Å². The summed E-state index contributed by atoms with van der Waals surface area (Å²) in [6.07, 6.45) is 2.75. The highest BCUT2D eigenvalue weighted by Crippen LogP contribution is 2.38. The highest BCUT2D eigenvalue weighted by molar-refractivity contribution is 5.84. The van der Waals surface area contributed by atoms with E-state index in [-0.39, 0.29) is 11.7 Å². The molecule has 1 aliphatic heterocycles. The van der Waals surface area contributed by atoms with Gasteiger partial charge in [0.15, 0.2) is 0 Å². The van der Waals surface area contributed by atoms with Gasteiger partial charge in [0.05, 0.1) is 23.4 Å². The van der Waals surface area contributed by atoms with E-state index >= 15 is 0 Å². The van der Waals surface area contributed by atoms with Gasteiger partial charge in [-0.05, 0) is 51.0 Å². The van der Waals surface area contributed by atoms with Crippen molar-refractivity contribution in [3.63, 3.8) is 0 Å². The van der Waals surface area contributed by atoms with Crippen molar-refractivity contribution in [3.05, 3.63) is 35.5 Å². The molecule has 4 heteroatoms. The van der Waals surface area contributed by atoms with Gasteiger partial charge in [0.2, 0.25) is 0 Å². The van der Waals surface area contributed by atoms with Crippen LogP contribution >= 0.6 is 0 Å². The Balaban J connectivity index is 1.83. The third kappa shape index (κ3) is 3.05. The van der Waals surface area contributed by atoms with Crippen molar-refractivity contribution in [3.8, 4) is 0 Å². The molecule has 3 rings (SSSR count). The number of hydrogen-bond acceptors (Lipinski definition) is 3. The zero-order valence-corrected chi connectivity index (χ0v) is 13.7. The van der Waals surface area contributed by atoms with Gasteiger partial charge in [0, 0.05) is 29.9 Å². The van der Waals surface area contributed by atoms with Crippen LogP contribution in [0.15, 0.2) is 24.4 Å². The van der Waals surface area contributed by atoms with Gasteiger partial charge >= 0.3 is 0 Å². The second-order valence-electron chi connectivity index (χ2n) is 7.48. The smallest absolute Gasteiger partial charge is 0.0908 e. The van der Waals surface area contributed by atoms with Crippen LogP contribution in [0.25, 0.3) is 10.9 Å². The molecule has 0 unspecified atom stereocenters. The van der Waals surface area contributed by atoms with Gasteiger partial charge in [-0.3, -0.25) is 0 Å². The molecule has 2 atom stereocenters. The maximum absolute atomic E-state index is 10.1. The molecule has 0 radical (unpaired) electrons. The lowest BCUT2D eigenvalue weighted by Gasteiger charge is -2.24. The minimum Gasteiger partial charge on any atom is -0.390 e. The van der Waals surface area contributed by atoms with Crippen LogP contribution < -0.4 is 0 Å². The third-order valence-electron chi connectivity index (χ3n) is 4.65. The van der Waals surface area contributed by atoms with Crippen molar-refractivity contribution >= 4 is 10.9 Å². The minimum absolute atomic E-state index is 0.00690. The Morgan fingerprint density at radius 1 is 1.36 bits per heavy atom. The molecular weight excluding hydrogens is 278 g/mol. The number of aromatic amines is 1. The molecule has 0 bridgehead atoms. The van der Waals surface area contributed by atoms with E-state index in [9.17, 15) is 10.2 Å². The van der Waals surface area contributed by atoms with Gasteiger partial charge in [-0.25, -0.2) is 0 Å². The summed E-state index contributed by atoms with van der Waals surface area (Å²) in [5, 5.41) is 21.2. The number of ether oxygens (including phenoxy) is 1. The Labute approximate surface area is 131 Å². The standard InChI is InChI=1S/C18H25NO3/c1-17(2,21)15(20)9-12-10-19-14-6-5-11(7-13(12)14)8-16-18(3,4)22-16/h5-7,10,15-16,19-21H,8-9H2,1-4H3/t15-,16+/m1/s1. The second-order valence-corrected chi connectivity index (χ2v) is 7.48. The molecule has 2 aromatic rings. The highest BCUT2D eigenvalue weighted by Gasteiger charge is 2.47. The van der Waals surface area contributed by atoms with Crippen molar-refractivity contribution in [1.29, 1.82) is 0 Å². The van der Waals surface area contributed by atoms with Crippen LogP contribution in [0.1, 0.15) is 38.8 Å². The fourth-order valence-electron chi connectivity index (χ4n) is 2.81. The number of rotatable bonds is 5. The first-order valence-electron chi connectivity index (χ1n) is 7.84. The Hall–Kier alpha value is -1.36. The fraction of sp³-hybridized carbons (Fsp3) is 0.556. The Morgan fingerprint density at radius 3 is 2.64 bits per heavy atom. The molecule has 3 N–H and O–H groups in total. The number of benzene rings is 1. The van der Waals surface area contributed by atoms with Gasteiger partial charge in [-0.15, -0.1) is 0 Å². The third-order valence-corrected chi connectivity index (χ3v) is 4.65. The quantitative estimate of drug-likeness (QED) is 0.744. The normalized spacial score (nSPS) is 22.0. The number of nitrogens with one attached hydrogen (secondary N) is 1. The SMILES string of the molecule is CC(C)(O)[C@H](O)Cc1c[nH]c2ccc(C[C@@H]3OC3(C)C)cc12. The lowest BCUT2D eigenvalue weighted by Crippen LogP contribution is -2.37. The molecule has 120 valence electrons. The predicted octanol–water partition coefficient (Wildman–Crippen LogP) is 2.56. The van der Waals surface area contributed by atoms with E-state index in [2.05, 4.69) is 37.0 Å². The van der Waals surface area contributed by atoms with Crippen molar-refractivity contribution in [2.24, 2.45) is 0 Å². The van der Waals surface area contributed by atoms with Gasteiger partial charge in [-0.1, -0.05) is 6.07 Å². The van der Waals surface area contributed by atoms with E-state index in [1.54, 1.807) is 13.8 Å². The van der Waals surface area contributed by atoms with Crippen molar-refractivity contribution in [2.75, 3.05) is 0 Å². The van der Waals surface area contributed by atoms with Crippen LogP contribution in [-0.2, 0) is 17.6 Å². The zero-order valence-electron chi connectivity index (χ0n) is 13.7. The largest absolute Gasteiger partial charge is 0.390 e. The van der Waals surface area contributed by atoms with Crippen LogP contribution in [0.4, 0.5) is 0 Å². The van der Waals surface area contributed by atoms with E-state index in [4.69, 9.17) is 4.74 Å². The van der Waals surface area contributed by atoms with E-state index < -0.39 is 11.7 Å². The van der Waals surface area contributed by atoms with Gasteiger partial charge in [-0.2, -0.15) is 0 Å². The molecule has 2 heterocycles. The van der Waals surface area contributed by atoms with Crippen LogP contribution in [0.5, 0.6) is 0 Å². The van der Waals surface area contributed by atoms with E-state index in [1.165, 1.54) is 5.56 Å². The Morgan fingerprint density at radius 2 is 2.05 bits per heavy atom. The maximum atomic E-state index is 10.1. The van der Waals surface area contributed by atoms with Crippen LogP contribution in [-0.4, -0.2) is 38.6 Å². The number of aliphatic hydroxyl groups is 2. The lowest BCUT2D eigenvalue weighted by molar-refractivity contribution is -0.0468. The molecule has 1 saturated heterocycles. The van der Waals surface area contributed by atoms with Crippen LogP contribution in [0.3, 0.4) is 0 Å². The molecule has 0 amide bonds. The van der Waals surface area contributed by atoms with Crippen molar-refractivity contribution < 1.29 is 14.9 Å². The first-order valence-corrected chi connectivity index (χ1v) is 7.84. The summed E-state index contributed by atoms with van der Waals surface area (Å²) >= 11 is 0. The van der Waals surface area contributed by atoms with Crippen LogP contribution in [0, 0.1) is 0 Å². The lowest BCUT2D eigenvalue weighted by atomic mass is 9.94. The summed E-state index contributed by atoms with van der Waals surface area (Å²) < 4.78 is 5.66. The number of hydrogen-bond donors (Lipinski definition) is 3. The molecular formula is C18H25NO3. The molecule has 1 aliphatic rings. The molecule has 0 saturated carbocycles. The fourth-order valence-corrected chi connectivity index (χ4v) is 2.81. The first-order chi connectivity index (χ1) is 10.2. The predicted molar refractivity (Wildman–Crippen MR) is 87.0 cm³/mol. The summed E-state index contributed by atoms with van der Waals surface area (Å²) in [5.41, 5.74) is 2.21. The molecule has 0 aliphatic carbocycles. The highest BCUT2D eigenvalue weighted by atomic mass is 16.6. The van der Waals surface area contributed by atoms with Gasteiger partial charge < -0.3 is 19.9 Å². The minimum atomic E-state index is -1.10. The second kappa shape index (κ2) is 5.08. The van der Waals surface area contributed by atoms with E-state index in [1.807, 2.05) is 6.20 Å². The molecule has 4 nitrogen and oxygen atoms in total. The summed E-state index contributed by atoms with van der Waals surface area (Å²) in [5.74, 6) is 0. The molecule has 1 aromatic carbocycles. The zero-order chi connectivity index (χ0) is 16.1. The Bertz CT molecular complexity index is 681. The number of fused-ring (bicyclic) bond motifs is 1.